The van der Waals surface area contributed by atoms with Gasteiger partial charge in [0.25, 0.3) is 0 Å². The van der Waals surface area contributed by atoms with E-state index in [2.05, 4.69) is 19.4 Å². The van der Waals surface area contributed by atoms with Crippen molar-refractivity contribution < 1.29 is 25.3 Å². The van der Waals surface area contributed by atoms with E-state index < -0.39 is 29.9 Å². The molecule has 4 aromatic rings. The number of nitrogens with one attached hydrogen (secondary N) is 2. The van der Waals surface area contributed by atoms with Crippen molar-refractivity contribution in [2.24, 2.45) is 0 Å². The molecule has 0 amide bonds. The van der Waals surface area contributed by atoms with Crippen molar-refractivity contribution in [3.05, 3.63) is 109 Å². The van der Waals surface area contributed by atoms with Crippen LogP contribution in [0.1, 0.15) is 11.4 Å². The molecular formula is C24H22N4O6S3. The maximum Gasteiger partial charge on any atom is 0.240 e. The average molecular weight is 559 g/mol. The number of pyridine rings is 2. The van der Waals surface area contributed by atoms with Crippen molar-refractivity contribution in [1.82, 2.24) is 19.4 Å². The van der Waals surface area contributed by atoms with Gasteiger partial charge in [-0.15, -0.1) is 0 Å². The number of hydrogen-bond donors (Lipinski definition) is 2. The smallest absolute Gasteiger partial charge is 0.240 e. The molecule has 0 atom stereocenters. The van der Waals surface area contributed by atoms with E-state index in [4.69, 9.17) is 0 Å². The minimum absolute atomic E-state index is 0.0778. The van der Waals surface area contributed by atoms with Gasteiger partial charge in [0.15, 0.2) is 0 Å². The lowest BCUT2D eigenvalue weighted by molar-refractivity contribution is 0.578. The third-order valence-corrected chi connectivity index (χ3v) is 9.74. The highest BCUT2D eigenvalue weighted by Crippen LogP contribution is 2.25. The first kappa shape index (κ1) is 26.6. The highest BCUT2D eigenvalue weighted by atomic mass is 32.2. The monoisotopic (exact) mass is 558 g/mol. The van der Waals surface area contributed by atoms with Gasteiger partial charge in [-0.2, -0.15) is 0 Å². The molecule has 0 radical (unpaired) electrons. The van der Waals surface area contributed by atoms with Crippen LogP contribution in [0, 0.1) is 0 Å². The Labute approximate surface area is 215 Å². The summed E-state index contributed by atoms with van der Waals surface area (Å²) in [4.78, 5) is 6.98. The van der Waals surface area contributed by atoms with Gasteiger partial charge >= 0.3 is 0 Å². The van der Waals surface area contributed by atoms with E-state index in [-0.39, 0.29) is 32.7 Å². The molecule has 2 aromatic heterocycles. The first-order valence-electron chi connectivity index (χ1n) is 10.8. The van der Waals surface area contributed by atoms with E-state index in [1.807, 2.05) is 0 Å². The second-order valence-electron chi connectivity index (χ2n) is 7.74. The van der Waals surface area contributed by atoms with Gasteiger partial charge in [-0.3, -0.25) is 9.97 Å². The number of rotatable bonds is 10. The zero-order valence-corrected chi connectivity index (χ0v) is 21.7. The Morgan fingerprint density at radius 2 is 0.919 bits per heavy atom. The predicted octanol–water partition coefficient (Wildman–Crippen LogP) is 2.27. The van der Waals surface area contributed by atoms with Crippen molar-refractivity contribution in [1.29, 1.82) is 0 Å². The van der Waals surface area contributed by atoms with E-state index in [0.717, 1.165) is 12.1 Å². The van der Waals surface area contributed by atoms with Crippen molar-refractivity contribution in [2.45, 2.75) is 32.7 Å². The Morgan fingerprint density at radius 3 is 1.30 bits per heavy atom. The van der Waals surface area contributed by atoms with Gasteiger partial charge in [0.1, 0.15) is 0 Å². The number of hydrogen-bond acceptors (Lipinski definition) is 8. The fraction of sp³-hybridized carbons (Fsp3) is 0.0833. The van der Waals surface area contributed by atoms with E-state index >= 15 is 0 Å². The van der Waals surface area contributed by atoms with Gasteiger partial charge in [0, 0.05) is 12.4 Å². The van der Waals surface area contributed by atoms with Crippen molar-refractivity contribution in [3.63, 3.8) is 0 Å². The second-order valence-corrected chi connectivity index (χ2v) is 13.2. The van der Waals surface area contributed by atoms with Gasteiger partial charge in [-0.05, 0) is 60.7 Å². The minimum Gasteiger partial charge on any atom is -0.260 e. The van der Waals surface area contributed by atoms with Crippen LogP contribution in [-0.4, -0.2) is 35.2 Å². The quantitative estimate of drug-likeness (QED) is 0.301. The van der Waals surface area contributed by atoms with Crippen molar-refractivity contribution >= 4 is 29.9 Å². The predicted molar refractivity (Wildman–Crippen MR) is 135 cm³/mol. The minimum atomic E-state index is -4.25. The molecule has 37 heavy (non-hydrogen) atoms. The van der Waals surface area contributed by atoms with Gasteiger partial charge in [0.2, 0.25) is 29.9 Å². The zero-order valence-electron chi connectivity index (χ0n) is 19.2. The van der Waals surface area contributed by atoms with Gasteiger partial charge in [-0.25, -0.2) is 34.7 Å². The molecule has 0 unspecified atom stereocenters. The zero-order chi connectivity index (χ0) is 26.5. The van der Waals surface area contributed by atoms with Crippen LogP contribution in [0.3, 0.4) is 0 Å². The third kappa shape index (κ3) is 6.45. The van der Waals surface area contributed by atoms with Gasteiger partial charge < -0.3 is 0 Å². The number of sulfonamides is 2. The van der Waals surface area contributed by atoms with Crippen molar-refractivity contribution in [2.75, 3.05) is 0 Å². The first-order valence-corrected chi connectivity index (χ1v) is 15.3. The highest BCUT2D eigenvalue weighted by Gasteiger charge is 2.24. The van der Waals surface area contributed by atoms with Crippen LogP contribution < -0.4 is 9.44 Å². The standard InChI is InChI=1S/C24H22N4O6S3/c29-35(30,21-9-5-11-23(15-21)36(31,32)27-17-19-7-1-3-13-25-19)22-10-6-12-24(16-22)37(33,34)28-18-20-8-2-4-14-26-20/h1-16,27-28H,17-18H2. The topological polar surface area (TPSA) is 152 Å². The molecule has 2 N–H and O–H groups in total. The van der Waals surface area contributed by atoms with E-state index in [1.54, 1.807) is 36.4 Å². The summed E-state index contributed by atoms with van der Waals surface area (Å²) in [5, 5.41) is 0. The lowest BCUT2D eigenvalue weighted by atomic mass is 10.4. The number of aromatic nitrogens is 2. The Hall–Kier alpha value is -3.49. The van der Waals surface area contributed by atoms with Crippen LogP contribution in [0.2, 0.25) is 0 Å². The summed E-state index contributed by atoms with van der Waals surface area (Å²) in [6.07, 6.45) is 3.05. The van der Waals surface area contributed by atoms with Crippen LogP contribution in [0.5, 0.6) is 0 Å². The summed E-state index contributed by atoms with van der Waals surface area (Å²) in [5.74, 6) is 0. The lowest BCUT2D eigenvalue weighted by Gasteiger charge is -2.11. The summed E-state index contributed by atoms with van der Waals surface area (Å²) < 4.78 is 82.5. The Balaban J connectivity index is 1.57. The maximum absolute atomic E-state index is 13.3. The van der Waals surface area contributed by atoms with E-state index in [9.17, 15) is 25.3 Å². The summed E-state index contributed by atoms with van der Waals surface area (Å²) in [6, 6.07) is 19.8. The van der Waals surface area contributed by atoms with Crippen LogP contribution in [0.4, 0.5) is 0 Å². The average Bonchev–Trinajstić information content (AvgIpc) is 2.92. The van der Waals surface area contributed by atoms with E-state index in [1.165, 1.54) is 48.8 Å². The molecule has 0 aliphatic heterocycles. The SMILES string of the molecule is O=S(=O)(NCc1ccccn1)c1cccc(S(=O)(=O)c2cccc(S(=O)(=O)NCc3ccccn3)c2)c1. The molecule has 0 fully saturated rings. The van der Waals surface area contributed by atoms with Gasteiger partial charge in [0.05, 0.1) is 44.1 Å². The molecule has 0 aliphatic rings. The summed E-state index contributed by atoms with van der Waals surface area (Å²) in [7, 11) is -12.4. The largest absolute Gasteiger partial charge is 0.260 e. The molecule has 0 spiro atoms. The van der Waals surface area contributed by atoms with Crippen LogP contribution >= 0.6 is 0 Å². The second kappa shape index (κ2) is 10.9. The molecular weight excluding hydrogens is 536 g/mol. The van der Waals surface area contributed by atoms with Crippen LogP contribution in [0.15, 0.2) is 117 Å². The lowest BCUT2D eigenvalue weighted by Crippen LogP contribution is -2.24. The third-order valence-electron chi connectivity index (χ3n) is 5.19. The van der Waals surface area contributed by atoms with E-state index in [0.29, 0.717) is 11.4 Å². The Bertz CT molecular complexity index is 1590. The fourth-order valence-electron chi connectivity index (χ4n) is 3.26. The summed E-state index contributed by atoms with van der Waals surface area (Å²) >= 11 is 0. The maximum atomic E-state index is 13.3. The van der Waals surface area contributed by atoms with Gasteiger partial charge in [-0.1, -0.05) is 24.3 Å². The molecule has 0 aliphatic carbocycles. The highest BCUT2D eigenvalue weighted by molar-refractivity contribution is 7.92. The van der Waals surface area contributed by atoms with Crippen LogP contribution in [0.25, 0.3) is 0 Å². The molecule has 13 heteroatoms. The fourth-order valence-corrected chi connectivity index (χ4v) is 6.85. The molecule has 10 nitrogen and oxygen atoms in total. The number of benzene rings is 2. The number of sulfone groups is 1. The molecule has 0 bridgehead atoms. The molecule has 4 rings (SSSR count). The molecule has 0 saturated heterocycles. The molecule has 192 valence electrons. The normalized spacial score (nSPS) is 12.3. The Morgan fingerprint density at radius 1 is 0.514 bits per heavy atom. The van der Waals surface area contributed by atoms with Crippen LogP contribution in [-0.2, 0) is 43.0 Å². The Kier molecular flexibility index (Phi) is 7.80. The van der Waals surface area contributed by atoms with Crippen molar-refractivity contribution in [3.8, 4) is 0 Å². The number of nitrogens with zero attached hydrogens (tertiary/aromatic N) is 2. The molecule has 2 heterocycles. The summed E-state index contributed by atoms with van der Waals surface area (Å²) in [6.45, 7) is -0.156. The summed E-state index contributed by atoms with van der Waals surface area (Å²) in [5.41, 5.74) is 0.981. The molecule has 0 saturated carbocycles. The molecule has 2 aromatic carbocycles. The first-order chi connectivity index (χ1) is 17.6.